The van der Waals surface area contributed by atoms with E-state index in [0.29, 0.717) is 19.8 Å². The first-order chi connectivity index (χ1) is 14.8. The van der Waals surface area contributed by atoms with E-state index in [1.54, 1.807) is 0 Å². The lowest BCUT2D eigenvalue weighted by Crippen LogP contribution is -2.48. The van der Waals surface area contributed by atoms with Crippen LogP contribution < -0.4 is 5.32 Å². The number of nitrogens with one attached hydrogen (secondary N) is 1. The van der Waals surface area contributed by atoms with Gasteiger partial charge in [-0.1, -0.05) is 24.3 Å². The fraction of sp³-hybridized carbons (Fsp3) is 0.500. The van der Waals surface area contributed by atoms with Crippen LogP contribution in [-0.2, 0) is 20.7 Å². The molecule has 0 saturated carbocycles. The first kappa shape index (κ1) is 21.0. The standard InChI is InChI=1S/C24H31N3O3/c28-23(26-11-12-27-13-17-30-18-14-27)24(7-15-29-16-8-24)19-21-3-1-2-4-22(21)20-5-9-25-10-6-20/h1-6,9-10H,7-8,11-19H2,(H,26,28). The number of morpholine rings is 1. The highest BCUT2D eigenvalue weighted by Crippen LogP contribution is 2.37. The molecule has 2 aliphatic heterocycles. The van der Waals surface area contributed by atoms with Gasteiger partial charge in [-0.2, -0.15) is 0 Å². The summed E-state index contributed by atoms with van der Waals surface area (Å²) in [7, 11) is 0. The van der Waals surface area contributed by atoms with Gasteiger partial charge in [0.15, 0.2) is 0 Å². The Kier molecular flexibility index (Phi) is 7.10. The van der Waals surface area contributed by atoms with Crippen LogP contribution in [0.1, 0.15) is 18.4 Å². The van der Waals surface area contributed by atoms with E-state index < -0.39 is 5.41 Å². The van der Waals surface area contributed by atoms with Crippen molar-refractivity contribution in [3.63, 3.8) is 0 Å². The Hall–Kier alpha value is -2.28. The molecule has 0 radical (unpaired) electrons. The number of carbonyl (C=O) groups excluding carboxylic acids is 1. The molecule has 4 rings (SSSR count). The van der Waals surface area contributed by atoms with E-state index in [9.17, 15) is 4.79 Å². The third-order valence-corrected chi connectivity index (χ3v) is 6.29. The Morgan fingerprint density at radius 2 is 1.70 bits per heavy atom. The van der Waals surface area contributed by atoms with Crippen molar-refractivity contribution >= 4 is 5.91 Å². The molecule has 0 spiro atoms. The van der Waals surface area contributed by atoms with Crippen molar-refractivity contribution in [1.82, 2.24) is 15.2 Å². The van der Waals surface area contributed by atoms with Crippen LogP contribution in [0.4, 0.5) is 0 Å². The second kappa shape index (κ2) is 10.2. The quantitative estimate of drug-likeness (QED) is 0.761. The van der Waals surface area contributed by atoms with E-state index in [2.05, 4.69) is 39.5 Å². The van der Waals surface area contributed by atoms with E-state index in [0.717, 1.165) is 57.7 Å². The van der Waals surface area contributed by atoms with E-state index >= 15 is 0 Å². The number of rotatable bonds is 7. The zero-order valence-corrected chi connectivity index (χ0v) is 17.5. The Morgan fingerprint density at radius 3 is 2.47 bits per heavy atom. The molecule has 1 aromatic heterocycles. The predicted molar refractivity (Wildman–Crippen MR) is 116 cm³/mol. The van der Waals surface area contributed by atoms with E-state index in [1.165, 1.54) is 11.1 Å². The first-order valence-electron chi connectivity index (χ1n) is 10.9. The van der Waals surface area contributed by atoms with Crippen molar-refractivity contribution in [2.45, 2.75) is 19.3 Å². The van der Waals surface area contributed by atoms with Crippen molar-refractivity contribution in [2.24, 2.45) is 5.41 Å². The summed E-state index contributed by atoms with van der Waals surface area (Å²) < 4.78 is 11.0. The number of nitrogens with zero attached hydrogens (tertiary/aromatic N) is 2. The van der Waals surface area contributed by atoms with Gasteiger partial charge < -0.3 is 14.8 Å². The molecule has 30 heavy (non-hydrogen) atoms. The highest BCUT2D eigenvalue weighted by Gasteiger charge is 2.40. The van der Waals surface area contributed by atoms with Crippen molar-refractivity contribution in [3.05, 3.63) is 54.4 Å². The first-order valence-corrected chi connectivity index (χ1v) is 10.9. The fourth-order valence-corrected chi connectivity index (χ4v) is 4.44. The topological polar surface area (TPSA) is 63.7 Å². The van der Waals surface area contributed by atoms with E-state index in [1.807, 2.05) is 24.5 Å². The second-order valence-electron chi connectivity index (χ2n) is 8.17. The Balaban J connectivity index is 1.48. The van der Waals surface area contributed by atoms with Gasteiger partial charge in [-0.15, -0.1) is 0 Å². The zero-order valence-electron chi connectivity index (χ0n) is 17.5. The van der Waals surface area contributed by atoms with Crippen molar-refractivity contribution < 1.29 is 14.3 Å². The third kappa shape index (κ3) is 5.06. The zero-order chi connectivity index (χ0) is 20.7. The molecule has 3 heterocycles. The van der Waals surface area contributed by atoms with Crippen LogP contribution in [0.3, 0.4) is 0 Å². The molecular weight excluding hydrogens is 378 g/mol. The van der Waals surface area contributed by atoms with Gasteiger partial charge in [0.1, 0.15) is 0 Å². The van der Waals surface area contributed by atoms with E-state index in [4.69, 9.17) is 9.47 Å². The highest BCUT2D eigenvalue weighted by atomic mass is 16.5. The number of carbonyl (C=O) groups is 1. The van der Waals surface area contributed by atoms with Crippen LogP contribution in [-0.4, -0.2) is 68.4 Å². The van der Waals surface area contributed by atoms with Gasteiger partial charge in [0.25, 0.3) is 0 Å². The summed E-state index contributed by atoms with van der Waals surface area (Å²) in [5.74, 6) is 0.156. The fourth-order valence-electron chi connectivity index (χ4n) is 4.44. The summed E-state index contributed by atoms with van der Waals surface area (Å²) in [6, 6.07) is 12.4. The number of pyridine rings is 1. The molecule has 0 bridgehead atoms. The summed E-state index contributed by atoms with van der Waals surface area (Å²) >= 11 is 0. The smallest absolute Gasteiger partial charge is 0.226 e. The van der Waals surface area contributed by atoms with Crippen LogP contribution in [0.25, 0.3) is 11.1 Å². The lowest BCUT2D eigenvalue weighted by molar-refractivity contribution is -0.136. The van der Waals surface area contributed by atoms with Gasteiger partial charge >= 0.3 is 0 Å². The normalized spacial score (nSPS) is 19.3. The van der Waals surface area contributed by atoms with Crippen molar-refractivity contribution in [3.8, 4) is 11.1 Å². The van der Waals surface area contributed by atoms with Gasteiger partial charge in [0, 0.05) is 51.8 Å². The lowest BCUT2D eigenvalue weighted by atomic mass is 9.73. The van der Waals surface area contributed by atoms with Gasteiger partial charge in [-0.05, 0) is 48.1 Å². The van der Waals surface area contributed by atoms with Crippen LogP contribution in [0, 0.1) is 5.41 Å². The average molecular weight is 410 g/mol. The maximum Gasteiger partial charge on any atom is 0.226 e. The molecule has 6 nitrogen and oxygen atoms in total. The van der Waals surface area contributed by atoms with Gasteiger partial charge in [0.2, 0.25) is 5.91 Å². The number of hydrogen-bond acceptors (Lipinski definition) is 5. The van der Waals surface area contributed by atoms with Crippen molar-refractivity contribution in [1.29, 1.82) is 0 Å². The minimum atomic E-state index is -0.424. The Labute approximate surface area is 178 Å². The lowest BCUT2D eigenvalue weighted by Gasteiger charge is -2.37. The van der Waals surface area contributed by atoms with Gasteiger partial charge in [-0.25, -0.2) is 0 Å². The van der Waals surface area contributed by atoms with Crippen LogP contribution >= 0.6 is 0 Å². The highest BCUT2D eigenvalue weighted by molar-refractivity contribution is 5.83. The molecule has 0 atom stereocenters. The molecule has 160 valence electrons. The monoisotopic (exact) mass is 409 g/mol. The summed E-state index contributed by atoms with van der Waals surface area (Å²) in [5, 5.41) is 3.23. The molecule has 2 aromatic rings. The molecule has 0 aliphatic carbocycles. The average Bonchev–Trinajstić information content (AvgIpc) is 2.81. The molecule has 2 saturated heterocycles. The molecule has 2 aliphatic rings. The minimum absolute atomic E-state index is 0.156. The maximum atomic E-state index is 13.4. The molecule has 0 unspecified atom stereocenters. The minimum Gasteiger partial charge on any atom is -0.381 e. The third-order valence-electron chi connectivity index (χ3n) is 6.29. The van der Waals surface area contributed by atoms with Crippen LogP contribution in [0.2, 0.25) is 0 Å². The van der Waals surface area contributed by atoms with Crippen molar-refractivity contribution in [2.75, 3.05) is 52.6 Å². The predicted octanol–water partition coefficient (Wildman–Crippen LogP) is 2.54. The Bertz CT molecular complexity index is 815. The number of benzene rings is 1. The van der Waals surface area contributed by atoms with Crippen LogP contribution in [0.15, 0.2) is 48.8 Å². The number of hydrogen-bond donors (Lipinski definition) is 1. The SMILES string of the molecule is O=C(NCCN1CCOCC1)C1(Cc2ccccc2-c2ccncc2)CCOCC1. The number of ether oxygens (including phenoxy) is 2. The van der Waals surface area contributed by atoms with E-state index in [-0.39, 0.29) is 5.91 Å². The summed E-state index contributed by atoms with van der Waals surface area (Å²) in [6.45, 7) is 6.25. The summed E-state index contributed by atoms with van der Waals surface area (Å²) in [6.07, 6.45) is 5.85. The number of aromatic nitrogens is 1. The second-order valence-corrected chi connectivity index (χ2v) is 8.17. The van der Waals surface area contributed by atoms with Gasteiger partial charge in [-0.3, -0.25) is 14.7 Å². The molecule has 6 heteroatoms. The van der Waals surface area contributed by atoms with Crippen LogP contribution in [0.5, 0.6) is 0 Å². The Morgan fingerprint density at radius 1 is 1.00 bits per heavy atom. The summed E-state index contributed by atoms with van der Waals surface area (Å²) in [4.78, 5) is 19.9. The summed E-state index contributed by atoms with van der Waals surface area (Å²) in [5.41, 5.74) is 3.09. The van der Waals surface area contributed by atoms with Gasteiger partial charge in [0.05, 0.1) is 18.6 Å². The largest absolute Gasteiger partial charge is 0.381 e. The molecule has 2 fully saturated rings. The molecule has 1 N–H and O–H groups in total. The molecule has 1 aromatic carbocycles. The molecular formula is C24H31N3O3. The molecule has 1 amide bonds. The maximum absolute atomic E-state index is 13.4. The number of amides is 1.